The summed E-state index contributed by atoms with van der Waals surface area (Å²) in [6.45, 7) is 8.82. The Labute approximate surface area is 207 Å². The van der Waals surface area contributed by atoms with E-state index in [0.29, 0.717) is 0 Å². The van der Waals surface area contributed by atoms with Crippen molar-refractivity contribution in [1.29, 1.82) is 0 Å². The minimum absolute atomic E-state index is 0.870. The molecule has 0 aliphatic rings. The third-order valence-electron chi connectivity index (χ3n) is 6.22. The Balaban J connectivity index is 2.70. The monoisotopic (exact) mass is 454 g/mol. The Morgan fingerprint density at radius 1 is 0.794 bits per heavy atom. The number of hydrogen-bond acceptors (Lipinski definition) is 0. The molecule has 0 saturated carbocycles. The van der Waals surface area contributed by atoms with Gasteiger partial charge in [-0.25, -0.2) is 0 Å². The molecule has 0 atom stereocenters. The minimum Gasteiger partial charge on any atom is -0.348 e. The number of hydrogen-bond donors (Lipinski definition) is 0. The van der Waals surface area contributed by atoms with Crippen molar-refractivity contribution in [1.82, 2.24) is 0 Å². The Bertz CT molecular complexity index is 1010. The number of allylic oxidation sites excluding steroid dienone is 3. The van der Waals surface area contributed by atoms with Gasteiger partial charge in [0.1, 0.15) is 0 Å². The summed E-state index contributed by atoms with van der Waals surface area (Å²) in [4.78, 5) is 3.35. The van der Waals surface area contributed by atoms with Crippen LogP contribution in [0.25, 0.3) is 17.2 Å². The highest BCUT2D eigenvalue weighted by Crippen LogP contribution is 2.35. The van der Waals surface area contributed by atoms with E-state index in [1.54, 1.807) is 0 Å². The van der Waals surface area contributed by atoms with E-state index in [4.69, 9.17) is 0 Å². The van der Waals surface area contributed by atoms with Gasteiger partial charge in [-0.3, -0.25) is 0 Å². The normalized spacial score (nSPS) is 11.8. The molecule has 34 heavy (non-hydrogen) atoms. The first-order valence-corrected chi connectivity index (χ1v) is 13.2. The molecule has 0 aliphatic heterocycles. The lowest BCUT2D eigenvalue weighted by Gasteiger charge is -2.18. The number of benzene rings is 2. The van der Waals surface area contributed by atoms with Gasteiger partial charge >= 0.3 is 5.87 Å². The van der Waals surface area contributed by atoms with E-state index in [2.05, 4.69) is 99.0 Å². The molecule has 0 heterocycles. The van der Waals surface area contributed by atoms with Crippen LogP contribution < -0.4 is 0 Å². The Morgan fingerprint density at radius 3 is 1.94 bits per heavy atom. The number of aryl methyl sites for hydroxylation is 1. The molecule has 2 nitrogen and oxygen atoms in total. The maximum Gasteiger partial charge on any atom is 0.303 e. The van der Waals surface area contributed by atoms with Gasteiger partial charge in [0.2, 0.25) is 0 Å². The molecule has 0 fully saturated rings. The highest BCUT2D eigenvalue weighted by Gasteiger charge is 2.18. The van der Waals surface area contributed by atoms with Crippen molar-refractivity contribution in [3.05, 3.63) is 93.5 Å². The molecule has 0 spiro atoms. The third-order valence-corrected chi connectivity index (χ3v) is 6.22. The summed E-state index contributed by atoms with van der Waals surface area (Å²) < 4.78 is 0. The fourth-order valence-electron chi connectivity index (χ4n) is 4.22. The average molecular weight is 455 g/mol. The van der Waals surface area contributed by atoms with Crippen LogP contribution in [0, 0.1) is 0 Å². The van der Waals surface area contributed by atoms with Crippen molar-refractivity contribution in [3.63, 3.8) is 0 Å². The number of nitrogens with zero attached hydrogens (tertiary/aromatic N) is 2. The Kier molecular flexibility index (Phi) is 12.7. The third kappa shape index (κ3) is 8.45. The summed E-state index contributed by atoms with van der Waals surface area (Å²) in [5.74, 6) is 2.95. The van der Waals surface area contributed by atoms with E-state index >= 15 is 0 Å². The fraction of sp³-hybridized carbons (Fsp3) is 0.438. The first-order chi connectivity index (χ1) is 16.7. The van der Waals surface area contributed by atoms with Crippen molar-refractivity contribution < 1.29 is 4.79 Å². The van der Waals surface area contributed by atoms with Crippen molar-refractivity contribution in [3.8, 4) is 0 Å². The minimum atomic E-state index is 0.870. The van der Waals surface area contributed by atoms with Crippen LogP contribution >= 0.6 is 0 Å². The lowest BCUT2D eigenvalue weighted by atomic mass is 9.85. The van der Waals surface area contributed by atoms with Gasteiger partial charge in [-0.2, -0.15) is 0 Å². The van der Waals surface area contributed by atoms with Crippen LogP contribution in [0.5, 0.6) is 0 Å². The second-order valence-corrected chi connectivity index (χ2v) is 8.98. The van der Waals surface area contributed by atoms with E-state index < -0.39 is 0 Å². The van der Waals surface area contributed by atoms with E-state index in [1.807, 2.05) is 0 Å². The van der Waals surface area contributed by atoms with Gasteiger partial charge in [0.15, 0.2) is 0 Å². The zero-order chi connectivity index (χ0) is 24.6. The molecule has 2 rings (SSSR count). The van der Waals surface area contributed by atoms with Gasteiger partial charge in [0, 0.05) is 0 Å². The summed E-state index contributed by atoms with van der Waals surface area (Å²) in [5.41, 5.74) is 18.0. The Hall–Kier alpha value is -2.92. The van der Waals surface area contributed by atoms with Gasteiger partial charge in [-0.05, 0) is 78.3 Å². The number of unbranched alkanes of at least 4 members (excludes halogenated alkanes) is 3. The molecule has 0 bridgehead atoms. The molecule has 0 aromatic heterocycles. The zero-order valence-corrected chi connectivity index (χ0v) is 21.7. The highest BCUT2D eigenvalue weighted by molar-refractivity contribution is 5.87. The molecule has 2 heteroatoms. The smallest absolute Gasteiger partial charge is 0.303 e. The van der Waals surface area contributed by atoms with Gasteiger partial charge in [0.05, 0.1) is 5.57 Å². The SMILES string of the molecule is CCC=Cc1ccc(C(=C(CCCC)C(=C=[N+]=[N-])CCCC)c2ccc(CCCC)cc2)cc1. The molecule has 2 aromatic rings. The predicted octanol–water partition coefficient (Wildman–Crippen LogP) is 9.46. The molecule has 2 aromatic carbocycles. The Morgan fingerprint density at radius 2 is 1.38 bits per heavy atom. The summed E-state index contributed by atoms with van der Waals surface area (Å²) in [6.07, 6.45) is 15.1. The van der Waals surface area contributed by atoms with Crippen LogP contribution in [0.2, 0.25) is 0 Å². The first-order valence-electron chi connectivity index (χ1n) is 13.2. The van der Waals surface area contributed by atoms with Gasteiger partial charge in [-0.1, -0.05) is 108 Å². The standard InChI is InChI=1S/C32H42N2/c1-5-9-13-26-17-21-28(22-18-26)32(29-23-19-27(20-24-29)14-10-6-2)31(16-12-8-4)30(25-34-33)15-11-7-3/h9,13,17-24H,5-8,10-12,14-16H2,1-4H3. The van der Waals surface area contributed by atoms with E-state index in [0.717, 1.165) is 56.9 Å². The van der Waals surface area contributed by atoms with Crippen molar-refractivity contribution in [2.45, 2.75) is 91.9 Å². The van der Waals surface area contributed by atoms with E-state index in [-0.39, 0.29) is 0 Å². The largest absolute Gasteiger partial charge is 0.348 e. The van der Waals surface area contributed by atoms with Crippen molar-refractivity contribution >= 4 is 17.5 Å². The molecule has 0 unspecified atom stereocenters. The molecular weight excluding hydrogens is 412 g/mol. The lowest BCUT2D eigenvalue weighted by Crippen LogP contribution is -2.01. The van der Waals surface area contributed by atoms with E-state index in [9.17, 15) is 5.53 Å². The van der Waals surface area contributed by atoms with Crippen LogP contribution in [0.4, 0.5) is 0 Å². The molecular formula is C32H42N2. The fourth-order valence-corrected chi connectivity index (χ4v) is 4.22. The molecule has 0 saturated heterocycles. The second kappa shape index (κ2) is 15.8. The molecule has 0 amide bonds. The van der Waals surface area contributed by atoms with E-state index in [1.165, 1.54) is 46.2 Å². The first kappa shape index (κ1) is 27.3. The van der Waals surface area contributed by atoms with Crippen molar-refractivity contribution in [2.75, 3.05) is 0 Å². The quantitative estimate of drug-likeness (QED) is 0.118. The van der Waals surface area contributed by atoms with Gasteiger partial charge in [0.25, 0.3) is 0 Å². The summed E-state index contributed by atoms with van der Waals surface area (Å²) >= 11 is 0. The topological polar surface area (TPSA) is 36.4 Å². The second-order valence-electron chi connectivity index (χ2n) is 8.98. The number of rotatable bonds is 14. The maximum absolute atomic E-state index is 9.43. The van der Waals surface area contributed by atoms with Crippen LogP contribution in [0.15, 0.2) is 65.8 Å². The molecule has 0 N–H and O–H groups in total. The van der Waals surface area contributed by atoms with Crippen molar-refractivity contribution in [2.24, 2.45) is 0 Å². The molecule has 180 valence electrons. The van der Waals surface area contributed by atoms with Crippen LogP contribution in [-0.2, 0) is 6.42 Å². The molecule has 0 radical (unpaired) electrons. The molecule has 0 aliphatic carbocycles. The van der Waals surface area contributed by atoms with Gasteiger partial charge in [-0.15, -0.1) is 4.79 Å². The van der Waals surface area contributed by atoms with Crippen LogP contribution in [0.1, 0.15) is 108 Å². The predicted molar refractivity (Wildman–Crippen MR) is 148 cm³/mol. The summed E-state index contributed by atoms with van der Waals surface area (Å²) in [7, 11) is 0. The summed E-state index contributed by atoms with van der Waals surface area (Å²) in [5, 5.41) is 0. The van der Waals surface area contributed by atoms with Crippen LogP contribution in [0.3, 0.4) is 0 Å². The van der Waals surface area contributed by atoms with Crippen LogP contribution in [-0.4, -0.2) is 10.7 Å². The zero-order valence-electron chi connectivity index (χ0n) is 21.7. The maximum atomic E-state index is 9.43. The lowest BCUT2D eigenvalue weighted by molar-refractivity contribution is 0.00739. The summed E-state index contributed by atoms with van der Waals surface area (Å²) in [6, 6.07) is 17.9. The van der Waals surface area contributed by atoms with Gasteiger partial charge < -0.3 is 5.53 Å². The highest BCUT2D eigenvalue weighted by atomic mass is 14.8. The average Bonchev–Trinajstić information content (AvgIpc) is 2.87.